The molecule has 10 nitrogen and oxygen atoms in total. The molecule has 0 bridgehead atoms. The van der Waals surface area contributed by atoms with Gasteiger partial charge in [-0.3, -0.25) is 9.59 Å². The van der Waals surface area contributed by atoms with Crippen molar-refractivity contribution in [1.82, 2.24) is 10.6 Å². The van der Waals surface area contributed by atoms with Crippen LogP contribution in [0, 0.1) is 35.0 Å². The first-order chi connectivity index (χ1) is 29.0. The zero-order chi connectivity index (χ0) is 42.0. The van der Waals surface area contributed by atoms with Crippen LogP contribution in [0.3, 0.4) is 0 Å². The number of nitrogens with two attached hydrogens (primary N) is 1. The molecule has 3 aliphatic carbocycles. The maximum Gasteiger partial charge on any atom is 0.160 e. The molecule has 0 unspecified atom stereocenters. The number of rotatable bonds is 11. The number of phenols is 1. The van der Waals surface area contributed by atoms with Crippen molar-refractivity contribution in [3.8, 4) is 23.3 Å². The van der Waals surface area contributed by atoms with Crippen molar-refractivity contribution in [2.75, 3.05) is 20.2 Å². The number of methoxy groups -OCH3 is 1. The Kier molecular flexibility index (Phi) is 12.7. The van der Waals surface area contributed by atoms with Gasteiger partial charge >= 0.3 is 0 Å². The molecule has 1 spiro atoms. The molecule has 0 amide bonds. The summed E-state index contributed by atoms with van der Waals surface area (Å²) in [7, 11) is 1.48. The Balaban J connectivity index is 1.01. The van der Waals surface area contributed by atoms with Crippen molar-refractivity contribution in [3.05, 3.63) is 94.8 Å². The second kappa shape index (κ2) is 18.1. The van der Waals surface area contributed by atoms with Gasteiger partial charge in [-0.2, -0.15) is 0 Å². The van der Waals surface area contributed by atoms with E-state index in [1.54, 1.807) is 12.1 Å². The van der Waals surface area contributed by atoms with E-state index in [4.69, 9.17) is 10.5 Å². The third-order valence-electron chi connectivity index (χ3n) is 14.5. The van der Waals surface area contributed by atoms with Crippen LogP contribution in [0.25, 0.3) is 10.8 Å². The fraction of sp³-hybridized carbons (Fsp3) is 0.520. The van der Waals surface area contributed by atoms with Gasteiger partial charge in [-0.15, -0.1) is 0 Å². The van der Waals surface area contributed by atoms with Crippen LogP contribution in [0.2, 0.25) is 0 Å². The number of aromatic hydroxyl groups is 1. The monoisotopic (exact) mass is 815 g/mol. The number of nitrogens with one attached hydrogen (secondary N) is 2. The van der Waals surface area contributed by atoms with Gasteiger partial charge in [0.1, 0.15) is 11.2 Å². The van der Waals surface area contributed by atoms with Crippen LogP contribution in [0.4, 0.5) is 0 Å². The average Bonchev–Trinajstić information content (AvgIpc) is 3.30. The summed E-state index contributed by atoms with van der Waals surface area (Å²) in [6.07, 6.45) is 8.66. The van der Waals surface area contributed by atoms with E-state index in [0.29, 0.717) is 73.7 Å². The maximum atomic E-state index is 14.3. The number of benzene rings is 3. The van der Waals surface area contributed by atoms with Crippen LogP contribution in [0.15, 0.2) is 78.1 Å². The molecule has 2 aliphatic heterocycles. The molecule has 10 atom stereocenters. The van der Waals surface area contributed by atoms with Crippen molar-refractivity contribution in [1.29, 1.82) is 0 Å². The number of fused-ring (bicyclic) bond motifs is 3. The highest BCUT2D eigenvalue weighted by Crippen LogP contribution is 2.45. The van der Waals surface area contributed by atoms with Gasteiger partial charge in [0.15, 0.2) is 17.3 Å². The van der Waals surface area contributed by atoms with Gasteiger partial charge in [0.2, 0.25) is 0 Å². The predicted octanol–water partition coefficient (Wildman–Crippen LogP) is 6.05. The molecular weight excluding hydrogens is 755 g/mol. The fourth-order valence-electron chi connectivity index (χ4n) is 10.9. The largest absolute Gasteiger partial charge is 0.504 e. The van der Waals surface area contributed by atoms with E-state index in [-0.39, 0.29) is 48.4 Å². The van der Waals surface area contributed by atoms with E-state index in [0.717, 1.165) is 66.1 Å². The average molecular weight is 816 g/mol. The molecule has 0 radical (unpaired) electrons. The lowest BCUT2D eigenvalue weighted by Crippen LogP contribution is -2.49. The van der Waals surface area contributed by atoms with Crippen molar-refractivity contribution < 1.29 is 34.8 Å². The third-order valence-corrected chi connectivity index (χ3v) is 14.5. The Morgan fingerprint density at radius 2 is 1.78 bits per heavy atom. The van der Waals surface area contributed by atoms with Gasteiger partial charge in [0, 0.05) is 43.7 Å². The number of piperidine rings is 1. The smallest absolute Gasteiger partial charge is 0.160 e. The van der Waals surface area contributed by atoms with Crippen LogP contribution < -0.4 is 21.1 Å². The molecule has 0 aromatic heterocycles. The molecule has 318 valence electrons. The van der Waals surface area contributed by atoms with Gasteiger partial charge in [-0.25, -0.2) is 0 Å². The molecule has 10 heteroatoms. The zero-order valence-electron chi connectivity index (χ0n) is 34.7. The Labute approximate surface area is 353 Å². The zero-order valence-corrected chi connectivity index (χ0v) is 34.7. The molecule has 2 heterocycles. The van der Waals surface area contributed by atoms with Crippen LogP contribution in [0.1, 0.15) is 106 Å². The molecule has 2 saturated carbocycles. The summed E-state index contributed by atoms with van der Waals surface area (Å²) in [6, 6.07) is 18.1. The summed E-state index contributed by atoms with van der Waals surface area (Å²) < 4.78 is 5.47. The van der Waals surface area contributed by atoms with Gasteiger partial charge in [-0.05, 0) is 133 Å². The SMILES string of the molecule is COc1cc2c(cc1O)[C@@H](C[C@H](O)[C@H](O)C[C@H](C1=CCNC(N)=C1)c1ccc3ccccc3c1)C#C[C@]1(CC[C@@H](CC[C@H]3CN[C@@H]4CC(=O)CC[C@@H]4C3)C[C@H]1O)C(=O)CC2. The van der Waals surface area contributed by atoms with Crippen molar-refractivity contribution in [3.63, 3.8) is 0 Å². The molecule has 3 aromatic rings. The van der Waals surface area contributed by atoms with Crippen molar-refractivity contribution in [2.45, 2.75) is 120 Å². The number of hydrogen-bond acceptors (Lipinski definition) is 10. The summed E-state index contributed by atoms with van der Waals surface area (Å²) in [5.41, 5.74) is 8.38. The number of Topliss-reactive ketones (excluding diaryl/α,β-unsaturated/α-hetero) is 2. The van der Waals surface area contributed by atoms with E-state index < -0.39 is 29.6 Å². The standard InChI is InChI=1S/C50H61N3O7/c1-60-46-24-35-11-13-47(58)50(17-14-30(21-48(50)59)6-7-31-20-38-10-12-39(54)26-42(38)53-29-31)18-15-36(41(35)28-45(46)57)23-43(55)44(56)27-40(37-16-19-52-49(51)25-37)34-9-8-32-4-2-3-5-33(32)22-34/h2-5,8-9,16,22,24-25,28,30-31,36,38,40,42-44,48,52-53,55-57,59H,6-7,10-14,17,19-21,23,26-27,29,51H2,1H3/t30-,31-,36-,38-,40+,42-,43+,44-,48-,50-/m1/s1. The number of aryl methyl sites for hydroxylation is 1. The first kappa shape index (κ1) is 42.0. The molecular formula is C50H61N3O7. The minimum absolute atomic E-state index is 0.0460. The summed E-state index contributed by atoms with van der Waals surface area (Å²) in [4.78, 5) is 26.3. The van der Waals surface area contributed by atoms with Gasteiger partial charge in [-0.1, -0.05) is 66.8 Å². The number of aliphatic hydroxyl groups excluding tert-OH is 3. The fourth-order valence-corrected chi connectivity index (χ4v) is 10.9. The topological polar surface area (TPSA) is 174 Å². The van der Waals surface area contributed by atoms with Gasteiger partial charge in [0.25, 0.3) is 0 Å². The number of hydrogen-bond donors (Lipinski definition) is 7. The predicted molar refractivity (Wildman–Crippen MR) is 232 cm³/mol. The number of carbonyl (C=O) groups is 2. The maximum absolute atomic E-state index is 14.3. The molecule has 8 rings (SSSR count). The lowest BCUT2D eigenvalue weighted by atomic mass is 9.64. The Morgan fingerprint density at radius 1 is 0.967 bits per heavy atom. The lowest BCUT2D eigenvalue weighted by Gasteiger charge is -2.42. The highest BCUT2D eigenvalue weighted by atomic mass is 16.5. The lowest BCUT2D eigenvalue weighted by molar-refractivity contribution is -0.134. The van der Waals surface area contributed by atoms with Gasteiger partial charge < -0.3 is 41.5 Å². The molecule has 60 heavy (non-hydrogen) atoms. The molecule has 1 saturated heterocycles. The minimum Gasteiger partial charge on any atom is -0.504 e. The first-order valence-electron chi connectivity index (χ1n) is 22.1. The highest BCUT2D eigenvalue weighted by molar-refractivity contribution is 5.89. The number of aliphatic hydroxyl groups is 3. The number of carbonyl (C=O) groups excluding carboxylic acids is 2. The van der Waals surface area contributed by atoms with Crippen LogP contribution in [-0.2, 0) is 16.0 Å². The van der Waals surface area contributed by atoms with Crippen LogP contribution in [-0.4, -0.2) is 76.5 Å². The van der Waals surface area contributed by atoms with E-state index in [1.165, 1.54) is 7.11 Å². The highest BCUT2D eigenvalue weighted by Gasteiger charge is 2.48. The quantitative estimate of drug-likeness (QED) is 0.113. The van der Waals surface area contributed by atoms with E-state index in [1.807, 2.05) is 18.2 Å². The number of ether oxygens (including phenoxy) is 1. The third kappa shape index (κ3) is 9.01. The van der Waals surface area contributed by atoms with E-state index >= 15 is 0 Å². The van der Waals surface area contributed by atoms with Crippen LogP contribution >= 0.6 is 0 Å². The summed E-state index contributed by atoms with van der Waals surface area (Å²) >= 11 is 0. The number of ketones is 2. The Hall–Kier alpha value is -4.66. The van der Waals surface area contributed by atoms with Crippen LogP contribution in [0.5, 0.6) is 11.5 Å². The Bertz CT molecular complexity index is 2210. The number of dihydropyridines is 1. The summed E-state index contributed by atoms with van der Waals surface area (Å²) in [5, 5.41) is 55.6. The van der Waals surface area contributed by atoms with Gasteiger partial charge in [0.05, 0.1) is 31.2 Å². The molecule has 5 aliphatic rings. The van der Waals surface area contributed by atoms with Crippen molar-refractivity contribution in [2.24, 2.45) is 28.9 Å². The van der Waals surface area contributed by atoms with E-state index in [2.05, 4.69) is 58.9 Å². The second-order valence-electron chi connectivity index (χ2n) is 18.3. The Morgan fingerprint density at radius 3 is 2.58 bits per heavy atom. The van der Waals surface area contributed by atoms with E-state index in [9.17, 15) is 30.0 Å². The number of allylic oxidation sites excluding steroid dienone is 2. The molecule has 3 fully saturated rings. The first-order valence-corrected chi connectivity index (χ1v) is 22.1. The van der Waals surface area contributed by atoms with Crippen molar-refractivity contribution >= 4 is 22.3 Å². The second-order valence-corrected chi connectivity index (χ2v) is 18.3. The molecule has 8 N–H and O–H groups in total. The number of phenolic OH excluding ortho intramolecular Hbond substituents is 1. The summed E-state index contributed by atoms with van der Waals surface area (Å²) in [6.45, 7) is 1.48. The molecule has 3 aromatic carbocycles. The summed E-state index contributed by atoms with van der Waals surface area (Å²) in [5.74, 6) is 8.19. The minimum atomic E-state index is -1.24. The normalized spacial score (nSPS) is 29.5.